The molecule has 1 aromatic carbocycles. The van der Waals surface area contributed by atoms with Crippen LogP contribution in [0.4, 0.5) is 0 Å². The van der Waals surface area contributed by atoms with E-state index < -0.39 is 0 Å². The Bertz CT molecular complexity index is 273. The van der Waals surface area contributed by atoms with Gasteiger partial charge in [0.05, 0.1) is 7.11 Å². The quantitative estimate of drug-likeness (QED) is 0.804. The number of halogens is 1. The molecule has 0 aliphatic carbocycles. The molecule has 0 saturated heterocycles. The zero-order chi connectivity index (χ0) is 11.1. The third-order valence-corrected chi connectivity index (χ3v) is 3.27. The maximum atomic E-state index is 5.11. The first-order chi connectivity index (χ1) is 7.26. The smallest absolute Gasteiger partial charge is 0.118 e. The Labute approximate surface area is 100 Å². The summed E-state index contributed by atoms with van der Waals surface area (Å²) in [6.07, 6.45) is 1.06. The molecule has 84 valence electrons. The van der Waals surface area contributed by atoms with Gasteiger partial charge in [-0.3, -0.25) is 0 Å². The average molecular weight is 272 g/mol. The van der Waals surface area contributed by atoms with Gasteiger partial charge in [0.15, 0.2) is 0 Å². The number of nitrogens with one attached hydrogen (secondary N) is 1. The van der Waals surface area contributed by atoms with Crippen molar-refractivity contribution in [2.45, 2.75) is 19.4 Å². The Hall–Kier alpha value is -0.540. The molecule has 1 rings (SSSR count). The van der Waals surface area contributed by atoms with Crippen LogP contribution in [0.2, 0.25) is 0 Å². The van der Waals surface area contributed by atoms with Crippen LogP contribution in [0.5, 0.6) is 5.75 Å². The first-order valence-corrected chi connectivity index (χ1v) is 6.30. The lowest BCUT2D eigenvalue weighted by molar-refractivity contribution is 0.414. The monoisotopic (exact) mass is 271 g/mol. The van der Waals surface area contributed by atoms with Crippen LogP contribution in [0.3, 0.4) is 0 Å². The van der Waals surface area contributed by atoms with Gasteiger partial charge in [0.1, 0.15) is 5.75 Å². The normalized spacial score (nSPS) is 12.5. The molecule has 0 heterocycles. The number of methoxy groups -OCH3 is 1. The minimum atomic E-state index is 0.531. The van der Waals surface area contributed by atoms with E-state index in [1.807, 2.05) is 12.1 Å². The van der Waals surface area contributed by atoms with Gasteiger partial charge in [-0.25, -0.2) is 0 Å². The molecule has 0 saturated carbocycles. The summed E-state index contributed by atoms with van der Waals surface area (Å²) >= 11 is 3.44. The van der Waals surface area contributed by atoms with Gasteiger partial charge in [0.2, 0.25) is 0 Å². The highest BCUT2D eigenvalue weighted by Crippen LogP contribution is 2.11. The summed E-state index contributed by atoms with van der Waals surface area (Å²) in [5.41, 5.74) is 1.34. The molecule has 3 heteroatoms. The first-order valence-electron chi connectivity index (χ1n) is 5.18. The Kier molecular flexibility index (Phi) is 5.73. The highest BCUT2D eigenvalue weighted by Gasteiger charge is 1.98. The van der Waals surface area contributed by atoms with Crippen LogP contribution in [0.1, 0.15) is 12.5 Å². The van der Waals surface area contributed by atoms with Gasteiger partial charge in [-0.15, -0.1) is 0 Å². The fraction of sp³-hybridized carbons (Fsp3) is 0.500. The van der Waals surface area contributed by atoms with E-state index in [9.17, 15) is 0 Å². The Morgan fingerprint density at radius 3 is 2.53 bits per heavy atom. The zero-order valence-corrected chi connectivity index (χ0v) is 10.9. The Morgan fingerprint density at radius 1 is 1.33 bits per heavy atom. The van der Waals surface area contributed by atoms with Crippen LogP contribution < -0.4 is 10.1 Å². The van der Waals surface area contributed by atoms with Crippen LogP contribution in [-0.4, -0.2) is 25.0 Å². The number of hydrogen-bond acceptors (Lipinski definition) is 2. The second-order valence-corrected chi connectivity index (χ2v) is 4.26. The van der Waals surface area contributed by atoms with E-state index in [1.54, 1.807) is 7.11 Å². The second kappa shape index (κ2) is 6.85. The molecule has 15 heavy (non-hydrogen) atoms. The summed E-state index contributed by atoms with van der Waals surface area (Å²) in [5.74, 6) is 0.917. The van der Waals surface area contributed by atoms with Crippen molar-refractivity contribution in [3.05, 3.63) is 29.8 Å². The summed E-state index contributed by atoms with van der Waals surface area (Å²) < 4.78 is 5.11. The molecule has 0 aliphatic rings. The van der Waals surface area contributed by atoms with Crippen molar-refractivity contribution in [1.29, 1.82) is 0 Å². The lowest BCUT2D eigenvalue weighted by atomic mass is 10.1. The summed E-state index contributed by atoms with van der Waals surface area (Å²) in [4.78, 5) is 0. The topological polar surface area (TPSA) is 21.3 Å². The van der Waals surface area contributed by atoms with E-state index in [0.29, 0.717) is 6.04 Å². The predicted octanol–water partition coefficient (Wildman–Crippen LogP) is 2.61. The maximum absolute atomic E-state index is 5.11. The average Bonchev–Trinajstić information content (AvgIpc) is 2.29. The van der Waals surface area contributed by atoms with E-state index in [4.69, 9.17) is 4.74 Å². The van der Waals surface area contributed by atoms with Crippen LogP contribution in [-0.2, 0) is 6.42 Å². The molecule has 0 radical (unpaired) electrons. The molecule has 1 unspecified atom stereocenters. The van der Waals surface area contributed by atoms with Crippen molar-refractivity contribution in [3.63, 3.8) is 0 Å². The van der Waals surface area contributed by atoms with Crippen LogP contribution >= 0.6 is 15.9 Å². The van der Waals surface area contributed by atoms with Gasteiger partial charge in [-0.1, -0.05) is 28.1 Å². The van der Waals surface area contributed by atoms with Gasteiger partial charge in [-0.05, 0) is 37.6 Å². The van der Waals surface area contributed by atoms with E-state index in [0.717, 1.165) is 24.0 Å². The summed E-state index contributed by atoms with van der Waals surface area (Å²) in [5, 5.41) is 4.43. The largest absolute Gasteiger partial charge is 0.497 e. The van der Waals surface area contributed by atoms with Crippen LogP contribution in [0.25, 0.3) is 0 Å². The maximum Gasteiger partial charge on any atom is 0.118 e. The first kappa shape index (κ1) is 12.5. The lowest BCUT2D eigenvalue weighted by Crippen LogP contribution is -2.29. The fourth-order valence-electron chi connectivity index (χ4n) is 1.31. The van der Waals surface area contributed by atoms with E-state index in [-0.39, 0.29) is 0 Å². The molecular formula is C12H18BrNO. The highest BCUT2D eigenvalue weighted by molar-refractivity contribution is 9.09. The molecule has 0 aliphatic heterocycles. The summed E-state index contributed by atoms with van der Waals surface area (Å²) in [6, 6.07) is 8.76. The minimum absolute atomic E-state index is 0.531. The van der Waals surface area contributed by atoms with Gasteiger partial charge < -0.3 is 10.1 Å². The number of benzene rings is 1. The fourth-order valence-corrected chi connectivity index (χ4v) is 1.54. The zero-order valence-electron chi connectivity index (χ0n) is 9.29. The van der Waals surface area contributed by atoms with Crippen LogP contribution in [0, 0.1) is 0 Å². The predicted molar refractivity (Wildman–Crippen MR) is 68.0 cm³/mol. The highest BCUT2D eigenvalue weighted by atomic mass is 79.9. The third-order valence-electron chi connectivity index (χ3n) is 2.30. The number of hydrogen-bond donors (Lipinski definition) is 1. The molecular weight excluding hydrogens is 254 g/mol. The molecule has 1 N–H and O–H groups in total. The molecule has 0 fully saturated rings. The Balaban J connectivity index is 2.31. The molecule has 0 aromatic heterocycles. The molecule has 0 amide bonds. The van der Waals surface area contributed by atoms with Crippen LogP contribution in [0.15, 0.2) is 24.3 Å². The third kappa shape index (κ3) is 4.67. The van der Waals surface area contributed by atoms with Gasteiger partial charge in [-0.2, -0.15) is 0 Å². The van der Waals surface area contributed by atoms with Crippen molar-refractivity contribution >= 4 is 15.9 Å². The molecule has 0 bridgehead atoms. The standard InChI is InChI=1S/C12H18BrNO/c1-10(9-13)14-8-7-11-3-5-12(15-2)6-4-11/h3-6,10,14H,7-9H2,1-2H3. The van der Waals surface area contributed by atoms with Crippen molar-refractivity contribution in [2.75, 3.05) is 19.0 Å². The summed E-state index contributed by atoms with van der Waals surface area (Å²) in [7, 11) is 1.69. The SMILES string of the molecule is COc1ccc(CCNC(C)CBr)cc1. The van der Waals surface area contributed by atoms with Gasteiger partial charge in [0.25, 0.3) is 0 Å². The number of alkyl halides is 1. The van der Waals surface area contributed by atoms with Crippen molar-refractivity contribution < 1.29 is 4.74 Å². The summed E-state index contributed by atoms with van der Waals surface area (Å²) in [6.45, 7) is 3.18. The van der Waals surface area contributed by atoms with Gasteiger partial charge >= 0.3 is 0 Å². The number of ether oxygens (including phenoxy) is 1. The number of rotatable bonds is 6. The van der Waals surface area contributed by atoms with Gasteiger partial charge in [0, 0.05) is 11.4 Å². The molecule has 2 nitrogen and oxygen atoms in total. The van der Waals surface area contributed by atoms with Crippen molar-refractivity contribution in [2.24, 2.45) is 0 Å². The molecule has 1 aromatic rings. The van der Waals surface area contributed by atoms with Crippen molar-refractivity contribution in [1.82, 2.24) is 5.32 Å². The Morgan fingerprint density at radius 2 is 2.00 bits per heavy atom. The van der Waals surface area contributed by atoms with E-state index in [1.165, 1.54) is 5.56 Å². The lowest BCUT2D eigenvalue weighted by Gasteiger charge is -2.10. The minimum Gasteiger partial charge on any atom is -0.497 e. The van der Waals surface area contributed by atoms with Crippen molar-refractivity contribution in [3.8, 4) is 5.75 Å². The molecule has 1 atom stereocenters. The van der Waals surface area contributed by atoms with E-state index in [2.05, 4.69) is 40.3 Å². The van der Waals surface area contributed by atoms with E-state index >= 15 is 0 Å². The molecule has 0 spiro atoms. The second-order valence-electron chi connectivity index (χ2n) is 3.61.